The summed E-state index contributed by atoms with van der Waals surface area (Å²) < 4.78 is 0. The number of aryl methyl sites for hydroxylation is 1. The van der Waals surface area contributed by atoms with E-state index in [1.807, 2.05) is 6.20 Å². The van der Waals surface area contributed by atoms with Crippen molar-refractivity contribution < 1.29 is 0 Å². The summed E-state index contributed by atoms with van der Waals surface area (Å²) in [5.41, 5.74) is 0.584. The van der Waals surface area contributed by atoms with Crippen LogP contribution in [0, 0.1) is 12.3 Å². The van der Waals surface area contributed by atoms with Gasteiger partial charge in [-0.2, -0.15) is 0 Å². The van der Waals surface area contributed by atoms with E-state index in [1.54, 1.807) is 11.3 Å². The maximum Gasteiger partial charge on any atom is 0.193 e. The van der Waals surface area contributed by atoms with Gasteiger partial charge in [0.05, 0.1) is 5.01 Å². The molecule has 1 aromatic rings. The molecule has 0 amide bonds. The van der Waals surface area contributed by atoms with Crippen molar-refractivity contribution in [2.24, 2.45) is 10.4 Å². The molecule has 1 aliphatic carbocycles. The second-order valence-electron chi connectivity index (χ2n) is 7.08. The van der Waals surface area contributed by atoms with Crippen LogP contribution < -0.4 is 5.32 Å². The molecule has 0 bridgehead atoms. The van der Waals surface area contributed by atoms with Crippen molar-refractivity contribution in [1.29, 1.82) is 0 Å². The smallest absolute Gasteiger partial charge is 0.193 e. The SMILES string of the molecule is CCNC(=NCCc1ncc(C)s1)N1CCC2(CCCCC2)C1.I. The molecule has 4 nitrogen and oxygen atoms in total. The van der Waals surface area contributed by atoms with Crippen LogP contribution in [0.2, 0.25) is 0 Å². The molecule has 2 heterocycles. The van der Waals surface area contributed by atoms with E-state index < -0.39 is 0 Å². The Kier molecular flexibility index (Phi) is 7.78. The van der Waals surface area contributed by atoms with E-state index in [0.717, 1.165) is 25.5 Å². The number of hydrogen-bond acceptors (Lipinski definition) is 3. The van der Waals surface area contributed by atoms with Crippen molar-refractivity contribution in [2.45, 2.75) is 58.8 Å². The lowest BCUT2D eigenvalue weighted by Gasteiger charge is -2.33. The van der Waals surface area contributed by atoms with E-state index in [2.05, 4.69) is 29.0 Å². The van der Waals surface area contributed by atoms with Gasteiger partial charge in [-0.25, -0.2) is 4.98 Å². The van der Waals surface area contributed by atoms with Crippen molar-refractivity contribution in [3.05, 3.63) is 16.1 Å². The third-order valence-electron chi connectivity index (χ3n) is 5.24. The number of thiazole rings is 1. The summed E-state index contributed by atoms with van der Waals surface area (Å²) in [6.45, 7) is 8.42. The molecule has 136 valence electrons. The van der Waals surface area contributed by atoms with E-state index in [9.17, 15) is 0 Å². The molecule has 24 heavy (non-hydrogen) atoms. The molecule has 2 aliphatic rings. The fraction of sp³-hybridized carbons (Fsp3) is 0.778. The summed E-state index contributed by atoms with van der Waals surface area (Å²) in [6.07, 6.45) is 11.4. The van der Waals surface area contributed by atoms with E-state index in [0.29, 0.717) is 5.41 Å². The van der Waals surface area contributed by atoms with E-state index in [4.69, 9.17) is 4.99 Å². The first-order chi connectivity index (χ1) is 11.2. The van der Waals surface area contributed by atoms with Crippen LogP contribution in [0.3, 0.4) is 0 Å². The lowest BCUT2D eigenvalue weighted by molar-refractivity contribution is 0.203. The topological polar surface area (TPSA) is 40.5 Å². The summed E-state index contributed by atoms with van der Waals surface area (Å²) in [7, 11) is 0. The van der Waals surface area contributed by atoms with Crippen LogP contribution in [-0.4, -0.2) is 42.0 Å². The van der Waals surface area contributed by atoms with E-state index >= 15 is 0 Å². The molecule has 0 unspecified atom stereocenters. The third-order valence-corrected chi connectivity index (χ3v) is 6.22. The van der Waals surface area contributed by atoms with Crippen molar-refractivity contribution in [3.63, 3.8) is 0 Å². The molecule has 1 saturated carbocycles. The van der Waals surface area contributed by atoms with Gasteiger partial charge in [-0.05, 0) is 38.5 Å². The number of likely N-dealkylation sites (tertiary alicyclic amines) is 1. The Morgan fingerprint density at radius 1 is 1.33 bits per heavy atom. The van der Waals surface area contributed by atoms with Crippen molar-refractivity contribution in [3.8, 4) is 0 Å². The lowest BCUT2D eigenvalue weighted by Crippen LogP contribution is -2.41. The van der Waals surface area contributed by atoms with Crippen LogP contribution in [0.25, 0.3) is 0 Å². The van der Waals surface area contributed by atoms with Crippen LogP contribution in [0.15, 0.2) is 11.2 Å². The number of hydrogen-bond donors (Lipinski definition) is 1. The molecule has 1 N–H and O–H groups in total. The Labute approximate surface area is 167 Å². The normalized spacial score (nSPS) is 20.2. The second kappa shape index (κ2) is 9.36. The maximum absolute atomic E-state index is 4.88. The Morgan fingerprint density at radius 3 is 2.79 bits per heavy atom. The number of aliphatic imine (C=N–C) groups is 1. The third kappa shape index (κ3) is 5.07. The summed E-state index contributed by atoms with van der Waals surface area (Å²) >= 11 is 1.79. The minimum Gasteiger partial charge on any atom is -0.357 e. The summed E-state index contributed by atoms with van der Waals surface area (Å²) in [6, 6.07) is 0. The van der Waals surface area contributed by atoms with Gasteiger partial charge in [-0.3, -0.25) is 4.99 Å². The quantitative estimate of drug-likeness (QED) is 0.414. The first kappa shape index (κ1) is 19.9. The minimum absolute atomic E-state index is 0. The monoisotopic (exact) mass is 462 g/mol. The standard InChI is InChI=1S/C18H30N4S.HI/c1-3-19-17(20-11-7-16-21-13-15(2)23-16)22-12-10-18(14-22)8-5-4-6-9-18;/h13H,3-12,14H2,1-2H3,(H,19,20);1H. The molecule has 1 aliphatic heterocycles. The van der Waals surface area contributed by atoms with Gasteiger partial charge >= 0.3 is 0 Å². The van der Waals surface area contributed by atoms with Gasteiger partial charge in [0.2, 0.25) is 0 Å². The van der Waals surface area contributed by atoms with E-state index in [-0.39, 0.29) is 24.0 Å². The predicted molar refractivity (Wildman–Crippen MR) is 114 cm³/mol. The van der Waals surface area contributed by atoms with Gasteiger partial charge in [0.25, 0.3) is 0 Å². The van der Waals surface area contributed by atoms with Gasteiger partial charge in [-0.1, -0.05) is 19.3 Å². The first-order valence-electron chi connectivity index (χ1n) is 9.15. The fourth-order valence-electron chi connectivity index (χ4n) is 4.03. The van der Waals surface area contributed by atoms with Gasteiger partial charge in [-0.15, -0.1) is 35.3 Å². The number of nitrogens with one attached hydrogen (secondary N) is 1. The summed E-state index contributed by atoms with van der Waals surface area (Å²) in [4.78, 5) is 13.1. The van der Waals surface area contributed by atoms with Crippen LogP contribution in [0.5, 0.6) is 0 Å². The first-order valence-corrected chi connectivity index (χ1v) is 9.97. The second-order valence-corrected chi connectivity index (χ2v) is 8.40. The molecular formula is C18H31IN4S. The van der Waals surface area contributed by atoms with Crippen LogP contribution in [0.4, 0.5) is 0 Å². The van der Waals surface area contributed by atoms with E-state index in [1.165, 1.54) is 61.5 Å². The van der Waals surface area contributed by atoms with Crippen molar-refractivity contribution in [1.82, 2.24) is 15.2 Å². The van der Waals surface area contributed by atoms with Crippen molar-refractivity contribution in [2.75, 3.05) is 26.2 Å². The predicted octanol–water partition coefficient (Wildman–Crippen LogP) is 4.23. The van der Waals surface area contributed by atoms with Gasteiger partial charge < -0.3 is 10.2 Å². The highest BCUT2D eigenvalue weighted by atomic mass is 127. The van der Waals surface area contributed by atoms with Crippen LogP contribution in [0.1, 0.15) is 55.3 Å². The zero-order valence-corrected chi connectivity index (χ0v) is 18.2. The average molecular weight is 462 g/mol. The fourth-order valence-corrected chi connectivity index (χ4v) is 4.80. The molecular weight excluding hydrogens is 431 g/mol. The zero-order chi connectivity index (χ0) is 16.1. The number of guanidine groups is 1. The molecule has 6 heteroatoms. The summed E-state index contributed by atoms with van der Waals surface area (Å²) in [5, 5.41) is 4.70. The van der Waals surface area contributed by atoms with Gasteiger partial charge in [0.1, 0.15) is 0 Å². The Hall–Kier alpha value is -0.370. The zero-order valence-electron chi connectivity index (χ0n) is 15.0. The highest BCUT2D eigenvalue weighted by Gasteiger charge is 2.39. The van der Waals surface area contributed by atoms with Gasteiger partial charge in [0.15, 0.2) is 5.96 Å². The maximum atomic E-state index is 4.88. The number of halogens is 1. The molecule has 1 aromatic heterocycles. The number of rotatable bonds is 4. The van der Waals surface area contributed by atoms with Crippen LogP contribution >= 0.6 is 35.3 Å². The molecule has 0 radical (unpaired) electrons. The van der Waals surface area contributed by atoms with Crippen molar-refractivity contribution >= 4 is 41.3 Å². The number of nitrogens with zero attached hydrogens (tertiary/aromatic N) is 3. The van der Waals surface area contributed by atoms with Gasteiger partial charge in [0, 0.05) is 43.7 Å². The Balaban J connectivity index is 0.00000208. The van der Waals surface area contributed by atoms with Crippen LogP contribution in [-0.2, 0) is 6.42 Å². The number of aromatic nitrogens is 1. The molecule has 3 rings (SSSR count). The lowest BCUT2D eigenvalue weighted by atomic mass is 9.73. The molecule has 2 fully saturated rings. The average Bonchev–Trinajstić information content (AvgIpc) is 3.14. The molecule has 0 atom stereocenters. The Morgan fingerprint density at radius 2 is 2.12 bits per heavy atom. The summed E-state index contributed by atoms with van der Waals surface area (Å²) in [5.74, 6) is 1.11. The highest BCUT2D eigenvalue weighted by molar-refractivity contribution is 14.0. The highest BCUT2D eigenvalue weighted by Crippen LogP contribution is 2.43. The molecule has 1 saturated heterocycles. The molecule has 1 spiro atoms. The molecule has 0 aromatic carbocycles. The Bertz CT molecular complexity index is 537. The minimum atomic E-state index is 0. The largest absolute Gasteiger partial charge is 0.357 e.